The highest BCUT2D eigenvalue weighted by molar-refractivity contribution is 6.35. The number of ether oxygens (including phenoxy) is 2. The summed E-state index contributed by atoms with van der Waals surface area (Å²) in [4.78, 5) is 17.6. The molecule has 3 aromatic rings. The Morgan fingerprint density at radius 1 is 1.12 bits per heavy atom. The number of benzene rings is 2. The fourth-order valence-corrected chi connectivity index (χ4v) is 3.88. The van der Waals surface area contributed by atoms with Crippen molar-refractivity contribution < 1.29 is 32.5 Å². The number of aldehydes is 1. The van der Waals surface area contributed by atoms with E-state index in [9.17, 15) is 23.1 Å². The second kappa shape index (κ2) is 8.93. The van der Waals surface area contributed by atoms with Crippen molar-refractivity contribution in [2.45, 2.75) is 37.6 Å². The smallest absolute Gasteiger partial charge is 0.406 e. The molecule has 10 heteroatoms. The van der Waals surface area contributed by atoms with Crippen LogP contribution in [0.15, 0.2) is 54.6 Å². The average molecular weight is 467 g/mol. The summed E-state index contributed by atoms with van der Waals surface area (Å²) in [6.45, 7) is 0. The minimum absolute atomic E-state index is 0.156. The van der Waals surface area contributed by atoms with Gasteiger partial charge in [-0.3, -0.25) is 4.90 Å². The average Bonchev–Trinajstić information content (AvgIpc) is 2.74. The minimum atomic E-state index is -4.81. The highest BCUT2D eigenvalue weighted by atomic mass is 35.5. The molecule has 168 valence electrons. The van der Waals surface area contributed by atoms with E-state index in [-0.39, 0.29) is 18.6 Å². The zero-order valence-electron chi connectivity index (χ0n) is 16.5. The van der Waals surface area contributed by atoms with Crippen LogP contribution < -0.4 is 9.64 Å². The summed E-state index contributed by atoms with van der Waals surface area (Å²) in [7, 11) is 0. The van der Waals surface area contributed by atoms with Gasteiger partial charge in [0.15, 0.2) is 0 Å². The van der Waals surface area contributed by atoms with E-state index in [1.807, 2.05) is 6.07 Å². The van der Waals surface area contributed by atoms with Gasteiger partial charge in [0.1, 0.15) is 30.2 Å². The Morgan fingerprint density at radius 3 is 2.56 bits per heavy atom. The molecule has 32 heavy (non-hydrogen) atoms. The number of hydrogen-bond donors (Lipinski definition) is 1. The summed E-state index contributed by atoms with van der Waals surface area (Å²) in [6, 6.07) is 14.0. The number of pyridine rings is 1. The maximum absolute atomic E-state index is 12.5. The lowest BCUT2D eigenvalue weighted by atomic mass is 10.0. The van der Waals surface area contributed by atoms with Crippen LogP contribution in [-0.4, -0.2) is 41.2 Å². The Balaban J connectivity index is 1.77. The molecule has 0 saturated carbocycles. The van der Waals surface area contributed by atoms with Crippen LogP contribution in [0.3, 0.4) is 0 Å². The molecular formula is C22H18ClF3N2O4. The fourth-order valence-electron chi connectivity index (χ4n) is 3.65. The molecule has 0 spiro atoms. The zero-order chi connectivity index (χ0) is 22.9. The zero-order valence-corrected chi connectivity index (χ0v) is 17.3. The maximum atomic E-state index is 12.5. The minimum Gasteiger partial charge on any atom is -0.406 e. The van der Waals surface area contributed by atoms with Crippen molar-refractivity contribution in [1.82, 2.24) is 4.98 Å². The first-order chi connectivity index (χ1) is 15.2. The lowest BCUT2D eigenvalue weighted by Crippen LogP contribution is -2.45. The summed E-state index contributed by atoms with van der Waals surface area (Å²) in [6.07, 6.45) is -6.32. The first kappa shape index (κ1) is 22.3. The Morgan fingerprint density at radius 2 is 1.88 bits per heavy atom. The second-order valence-corrected chi connectivity index (χ2v) is 7.69. The van der Waals surface area contributed by atoms with Gasteiger partial charge in [-0.05, 0) is 42.5 Å². The van der Waals surface area contributed by atoms with Crippen LogP contribution in [0.1, 0.15) is 12.8 Å². The summed E-state index contributed by atoms with van der Waals surface area (Å²) in [5.74, 6) is 0.00455. The number of hydrogen-bond acceptors (Lipinski definition) is 6. The Kier molecular flexibility index (Phi) is 6.23. The van der Waals surface area contributed by atoms with Crippen molar-refractivity contribution >= 4 is 40.3 Å². The number of halogens is 4. The SMILES string of the molecule is O=CC1CC(O)CC(N(c2ccc(OC(F)(F)F)cc2)c2ccc3cccc(Cl)c3n2)O1. The van der Waals surface area contributed by atoms with Crippen molar-refractivity contribution in [3.8, 4) is 5.75 Å². The van der Waals surface area contributed by atoms with Crippen molar-refractivity contribution in [2.24, 2.45) is 0 Å². The van der Waals surface area contributed by atoms with Gasteiger partial charge in [0.05, 0.1) is 16.6 Å². The van der Waals surface area contributed by atoms with Gasteiger partial charge >= 0.3 is 6.36 Å². The molecule has 1 aliphatic heterocycles. The molecule has 1 fully saturated rings. The number of carbonyl (C=O) groups excluding carboxylic acids is 1. The molecule has 1 aliphatic rings. The third-order valence-corrected chi connectivity index (χ3v) is 5.31. The van der Waals surface area contributed by atoms with Crippen molar-refractivity contribution in [3.63, 3.8) is 0 Å². The van der Waals surface area contributed by atoms with Gasteiger partial charge in [-0.15, -0.1) is 13.2 Å². The van der Waals surface area contributed by atoms with Gasteiger partial charge in [0, 0.05) is 23.9 Å². The first-order valence-corrected chi connectivity index (χ1v) is 10.1. The summed E-state index contributed by atoms with van der Waals surface area (Å²) in [5, 5.41) is 11.5. The lowest BCUT2D eigenvalue weighted by Gasteiger charge is -2.39. The van der Waals surface area contributed by atoms with Gasteiger partial charge in [-0.1, -0.05) is 23.7 Å². The van der Waals surface area contributed by atoms with E-state index in [0.717, 1.165) is 5.39 Å². The van der Waals surface area contributed by atoms with Crippen LogP contribution in [0.5, 0.6) is 5.75 Å². The quantitative estimate of drug-likeness (QED) is 0.534. The number of aliphatic hydroxyl groups is 1. The molecule has 0 bridgehead atoms. The van der Waals surface area contributed by atoms with Gasteiger partial charge in [0.25, 0.3) is 0 Å². The molecule has 2 heterocycles. The van der Waals surface area contributed by atoms with E-state index in [1.54, 1.807) is 29.2 Å². The van der Waals surface area contributed by atoms with E-state index in [0.29, 0.717) is 28.3 Å². The van der Waals surface area contributed by atoms with E-state index < -0.39 is 24.8 Å². The number of fused-ring (bicyclic) bond motifs is 1. The van der Waals surface area contributed by atoms with E-state index in [2.05, 4.69) is 9.72 Å². The number of aromatic nitrogens is 1. The fraction of sp³-hybridized carbons (Fsp3) is 0.273. The molecule has 3 unspecified atom stereocenters. The number of alkyl halides is 3. The Bertz CT molecular complexity index is 1110. The summed E-state index contributed by atoms with van der Waals surface area (Å²) < 4.78 is 47.4. The van der Waals surface area contributed by atoms with Crippen LogP contribution in [0.4, 0.5) is 24.7 Å². The number of rotatable bonds is 5. The molecule has 3 atom stereocenters. The molecule has 0 amide bonds. The van der Waals surface area contributed by atoms with Crippen molar-refractivity contribution in [2.75, 3.05) is 4.90 Å². The highest BCUT2D eigenvalue weighted by Crippen LogP contribution is 2.35. The summed E-state index contributed by atoms with van der Waals surface area (Å²) in [5.41, 5.74) is 0.958. The predicted molar refractivity (Wildman–Crippen MR) is 112 cm³/mol. The molecule has 0 radical (unpaired) electrons. The highest BCUT2D eigenvalue weighted by Gasteiger charge is 2.34. The molecular weight excluding hydrogens is 449 g/mol. The van der Waals surface area contributed by atoms with E-state index in [4.69, 9.17) is 16.3 Å². The normalized spacial score (nSPS) is 21.3. The van der Waals surface area contributed by atoms with Crippen LogP contribution in [0.2, 0.25) is 5.02 Å². The second-order valence-electron chi connectivity index (χ2n) is 7.28. The monoisotopic (exact) mass is 466 g/mol. The Hall–Kier alpha value is -2.88. The van der Waals surface area contributed by atoms with Crippen LogP contribution in [0, 0.1) is 0 Å². The molecule has 0 aliphatic carbocycles. The van der Waals surface area contributed by atoms with Crippen LogP contribution >= 0.6 is 11.6 Å². The van der Waals surface area contributed by atoms with Gasteiger partial charge in [-0.25, -0.2) is 4.98 Å². The summed E-state index contributed by atoms with van der Waals surface area (Å²) >= 11 is 6.29. The molecule has 6 nitrogen and oxygen atoms in total. The largest absolute Gasteiger partial charge is 0.573 e. The number of anilines is 2. The number of carbonyl (C=O) groups is 1. The van der Waals surface area contributed by atoms with E-state index in [1.165, 1.54) is 24.3 Å². The molecule has 4 rings (SSSR count). The number of nitrogens with zero attached hydrogens (tertiary/aromatic N) is 2. The Labute approximate surface area is 186 Å². The number of aliphatic hydroxyl groups excluding tert-OH is 1. The van der Waals surface area contributed by atoms with Crippen molar-refractivity contribution in [3.05, 3.63) is 59.6 Å². The molecule has 2 aromatic carbocycles. The topological polar surface area (TPSA) is 71.9 Å². The molecule has 1 aromatic heterocycles. The predicted octanol–water partition coefficient (Wildman–Crippen LogP) is 4.99. The van der Waals surface area contributed by atoms with Crippen LogP contribution in [0.25, 0.3) is 10.9 Å². The van der Waals surface area contributed by atoms with Gasteiger partial charge in [-0.2, -0.15) is 0 Å². The third-order valence-electron chi connectivity index (χ3n) is 5.00. The first-order valence-electron chi connectivity index (χ1n) is 9.72. The van der Waals surface area contributed by atoms with Crippen molar-refractivity contribution in [1.29, 1.82) is 0 Å². The lowest BCUT2D eigenvalue weighted by molar-refractivity contribution is -0.274. The molecule has 1 saturated heterocycles. The van der Waals surface area contributed by atoms with Gasteiger partial charge < -0.3 is 19.4 Å². The maximum Gasteiger partial charge on any atom is 0.573 e. The third kappa shape index (κ3) is 4.95. The van der Waals surface area contributed by atoms with Gasteiger partial charge in [0.2, 0.25) is 0 Å². The standard InChI is InChI=1S/C22H18ClF3N2O4/c23-18-3-1-2-13-4-9-19(27-21(13)18)28(20-11-15(30)10-17(12-29)31-20)14-5-7-16(8-6-14)32-22(24,25)26/h1-9,12,15,17,20,30H,10-11H2. The molecule has 1 N–H and O–H groups in total. The van der Waals surface area contributed by atoms with Crippen LogP contribution in [-0.2, 0) is 9.53 Å². The number of para-hydroxylation sites is 1. The van der Waals surface area contributed by atoms with E-state index >= 15 is 0 Å².